The van der Waals surface area contributed by atoms with E-state index >= 15 is 0 Å². The molecule has 1 aliphatic heterocycles. The number of amides is 1. The first kappa shape index (κ1) is 13.4. The molecule has 0 aromatic rings. The molecule has 92 valence electrons. The molecular weight excluding hydrogens is 226 g/mol. The van der Waals surface area contributed by atoms with E-state index in [4.69, 9.17) is 4.74 Å². The van der Waals surface area contributed by atoms with Gasteiger partial charge in [-0.1, -0.05) is 6.42 Å². The summed E-state index contributed by atoms with van der Waals surface area (Å²) in [7, 11) is 1.66. The first-order chi connectivity index (χ1) is 7.65. The average Bonchev–Trinajstić information content (AvgIpc) is 2.29. The summed E-state index contributed by atoms with van der Waals surface area (Å²) in [5, 5.41) is 0.0353. The fourth-order valence-corrected chi connectivity index (χ4v) is 2.97. The molecule has 4 nitrogen and oxygen atoms in total. The van der Waals surface area contributed by atoms with Crippen molar-refractivity contribution in [2.45, 2.75) is 31.4 Å². The molecule has 1 unspecified atom stereocenters. The number of carbonyl (C=O) groups excluding carboxylic acids is 2. The van der Waals surface area contributed by atoms with Crippen LogP contribution in [0.3, 0.4) is 0 Å². The second-order valence-electron chi connectivity index (χ2n) is 3.85. The van der Waals surface area contributed by atoms with Gasteiger partial charge in [0.05, 0.1) is 11.9 Å². The summed E-state index contributed by atoms with van der Waals surface area (Å²) in [5.74, 6) is 0.765. The quantitative estimate of drug-likeness (QED) is 0.700. The molecule has 0 N–H and O–H groups in total. The Morgan fingerprint density at radius 3 is 2.75 bits per heavy atom. The lowest BCUT2D eigenvalue weighted by Gasteiger charge is -2.25. The number of ether oxygens (including phenoxy) is 1. The Morgan fingerprint density at radius 2 is 2.19 bits per heavy atom. The van der Waals surface area contributed by atoms with Gasteiger partial charge in [-0.2, -0.15) is 0 Å². The highest BCUT2D eigenvalue weighted by Gasteiger charge is 2.25. The molecule has 0 aromatic heterocycles. The van der Waals surface area contributed by atoms with Gasteiger partial charge in [0.25, 0.3) is 0 Å². The van der Waals surface area contributed by atoms with Crippen LogP contribution in [0.2, 0.25) is 0 Å². The molecule has 16 heavy (non-hydrogen) atoms. The van der Waals surface area contributed by atoms with Crippen LogP contribution in [0.4, 0.5) is 0 Å². The molecule has 1 rings (SSSR count). The molecule has 0 bridgehead atoms. The number of rotatable bonds is 4. The van der Waals surface area contributed by atoms with Gasteiger partial charge in [0.15, 0.2) is 0 Å². The average molecular weight is 245 g/mol. The van der Waals surface area contributed by atoms with Gasteiger partial charge in [-0.25, -0.2) is 0 Å². The molecular formula is C11H19NO3S. The van der Waals surface area contributed by atoms with Gasteiger partial charge >= 0.3 is 5.97 Å². The SMILES string of the molecule is CCOC(=O)CN(C)C(=O)C1CCCCS1. The first-order valence-corrected chi connectivity index (χ1v) is 6.72. The van der Waals surface area contributed by atoms with Gasteiger partial charge in [0.2, 0.25) is 5.91 Å². The normalized spacial score (nSPS) is 20.2. The molecule has 1 amide bonds. The van der Waals surface area contributed by atoms with E-state index < -0.39 is 0 Å². The summed E-state index contributed by atoms with van der Waals surface area (Å²) in [5.41, 5.74) is 0. The Balaban J connectivity index is 2.37. The minimum Gasteiger partial charge on any atom is -0.465 e. The van der Waals surface area contributed by atoms with Crippen molar-refractivity contribution in [2.75, 3.05) is 26.0 Å². The highest BCUT2D eigenvalue weighted by molar-refractivity contribution is 8.00. The summed E-state index contributed by atoms with van der Waals surface area (Å²) >= 11 is 1.70. The van der Waals surface area contributed by atoms with Crippen molar-refractivity contribution in [1.82, 2.24) is 4.90 Å². The van der Waals surface area contributed by atoms with Crippen LogP contribution in [-0.4, -0.2) is 48.0 Å². The minimum absolute atomic E-state index is 0.0353. The van der Waals surface area contributed by atoms with E-state index in [0.717, 1.165) is 18.6 Å². The van der Waals surface area contributed by atoms with E-state index in [2.05, 4.69) is 0 Å². The highest BCUT2D eigenvalue weighted by atomic mass is 32.2. The van der Waals surface area contributed by atoms with Gasteiger partial charge in [-0.05, 0) is 25.5 Å². The standard InChI is InChI=1S/C11H19NO3S/c1-3-15-10(13)8-12(2)11(14)9-6-4-5-7-16-9/h9H,3-8H2,1-2H3. The Labute approximate surface area is 101 Å². The van der Waals surface area contributed by atoms with E-state index in [9.17, 15) is 9.59 Å². The van der Waals surface area contributed by atoms with Crippen molar-refractivity contribution in [1.29, 1.82) is 0 Å². The molecule has 0 saturated carbocycles. The second-order valence-corrected chi connectivity index (χ2v) is 5.17. The molecule has 0 spiro atoms. The number of likely N-dealkylation sites (N-methyl/N-ethyl adjacent to an activating group) is 1. The maximum absolute atomic E-state index is 11.9. The topological polar surface area (TPSA) is 46.6 Å². The van der Waals surface area contributed by atoms with Crippen molar-refractivity contribution in [2.24, 2.45) is 0 Å². The number of nitrogens with zero attached hydrogens (tertiary/aromatic N) is 1. The number of hydrogen-bond acceptors (Lipinski definition) is 4. The Kier molecular flexibility index (Phi) is 5.66. The van der Waals surface area contributed by atoms with Gasteiger partial charge in [-0.3, -0.25) is 9.59 Å². The molecule has 0 radical (unpaired) electrons. The lowest BCUT2D eigenvalue weighted by molar-refractivity contribution is -0.148. The summed E-state index contributed by atoms with van der Waals surface area (Å²) in [6, 6.07) is 0. The third-order valence-corrected chi connectivity index (χ3v) is 3.87. The predicted molar refractivity (Wildman–Crippen MR) is 64.4 cm³/mol. The third kappa shape index (κ3) is 4.04. The van der Waals surface area contributed by atoms with Crippen LogP contribution in [0.1, 0.15) is 26.2 Å². The van der Waals surface area contributed by atoms with E-state index in [-0.39, 0.29) is 23.7 Å². The molecule has 5 heteroatoms. The van der Waals surface area contributed by atoms with Crippen molar-refractivity contribution in [3.8, 4) is 0 Å². The van der Waals surface area contributed by atoms with Crippen molar-refractivity contribution >= 4 is 23.6 Å². The number of carbonyl (C=O) groups is 2. The van der Waals surface area contributed by atoms with Gasteiger partial charge < -0.3 is 9.64 Å². The molecule has 0 aliphatic carbocycles. The molecule has 0 aromatic carbocycles. The highest BCUT2D eigenvalue weighted by Crippen LogP contribution is 2.26. The lowest BCUT2D eigenvalue weighted by Crippen LogP contribution is -2.39. The lowest BCUT2D eigenvalue weighted by atomic mass is 10.2. The van der Waals surface area contributed by atoms with Crippen LogP contribution in [0.5, 0.6) is 0 Å². The Morgan fingerprint density at radius 1 is 1.44 bits per heavy atom. The Bertz CT molecular complexity index is 252. The van der Waals surface area contributed by atoms with Crippen molar-refractivity contribution < 1.29 is 14.3 Å². The van der Waals surface area contributed by atoms with Gasteiger partial charge in [0.1, 0.15) is 6.54 Å². The first-order valence-electron chi connectivity index (χ1n) is 5.67. The zero-order valence-electron chi connectivity index (χ0n) is 9.90. The second kappa shape index (κ2) is 6.78. The smallest absolute Gasteiger partial charge is 0.325 e. The van der Waals surface area contributed by atoms with Crippen LogP contribution in [0.25, 0.3) is 0 Å². The summed E-state index contributed by atoms with van der Waals surface area (Å²) in [6.07, 6.45) is 3.23. The van der Waals surface area contributed by atoms with E-state index in [0.29, 0.717) is 6.61 Å². The van der Waals surface area contributed by atoms with E-state index in [1.165, 1.54) is 11.3 Å². The van der Waals surface area contributed by atoms with Crippen LogP contribution < -0.4 is 0 Å². The van der Waals surface area contributed by atoms with Gasteiger partial charge in [0, 0.05) is 7.05 Å². The fraction of sp³-hybridized carbons (Fsp3) is 0.818. The molecule has 1 fully saturated rings. The van der Waals surface area contributed by atoms with Crippen LogP contribution >= 0.6 is 11.8 Å². The molecule has 1 heterocycles. The molecule has 1 atom stereocenters. The number of hydrogen-bond donors (Lipinski definition) is 0. The zero-order chi connectivity index (χ0) is 12.0. The number of esters is 1. The maximum atomic E-state index is 11.9. The van der Waals surface area contributed by atoms with Crippen molar-refractivity contribution in [3.05, 3.63) is 0 Å². The summed E-state index contributed by atoms with van der Waals surface area (Å²) < 4.78 is 4.81. The third-order valence-electron chi connectivity index (χ3n) is 2.50. The zero-order valence-corrected chi connectivity index (χ0v) is 10.7. The summed E-state index contributed by atoms with van der Waals surface area (Å²) in [4.78, 5) is 24.6. The maximum Gasteiger partial charge on any atom is 0.325 e. The summed E-state index contributed by atoms with van der Waals surface area (Å²) in [6.45, 7) is 2.18. The predicted octanol–water partition coefficient (Wildman–Crippen LogP) is 1.29. The Hall–Kier alpha value is -0.710. The van der Waals surface area contributed by atoms with Crippen LogP contribution in [0.15, 0.2) is 0 Å². The van der Waals surface area contributed by atoms with Crippen LogP contribution in [-0.2, 0) is 14.3 Å². The fourth-order valence-electron chi connectivity index (χ4n) is 1.66. The van der Waals surface area contributed by atoms with E-state index in [1.807, 2.05) is 0 Å². The monoisotopic (exact) mass is 245 g/mol. The molecule has 1 aliphatic rings. The molecule has 1 saturated heterocycles. The van der Waals surface area contributed by atoms with Crippen molar-refractivity contribution in [3.63, 3.8) is 0 Å². The largest absolute Gasteiger partial charge is 0.465 e. The minimum atomic E-state index is -0.334. The van der Waals surface area contributed by atoms with Crippen LogP contribution in [0, 0.1) is 0 Å². The number of thioether (sulfide) groups is 1. The van der Waals surface area contributed by atoms with Gasteiger partial charge in [-0.15, -0.1) is 11.8 Å². The van der Waals surface area contributed by atoms with E-state index in [1.54, 1.807) is 25.7 Å².